The Morgan fingerprint density at radius 2 is 1.60 bits per heavy atom. The maximum absolute atomic E-state index is 11.7. The third kappa shape index (κ3) is 2.83. The van der Waals surface area contributed by atoms with E-state index in [2.05, 4.69) is 4.84 Å². The molecule has 1 aliphatic heterocycles. The first-order valence-corrected chi connectivity index (χ1v) is 6.88. The fourth-order valence-electron chi connectivity index (χ4n) is 1.56. The quantitative estimate of drug-likeness (QED) is 0.623. The minimum absolute atomic E-state index is 0.0200. The molecule has 1 aliphatic rings. The van der Waals surface area contributed by atoms with Crippen molar-refractivity contribution >= 4 is 27.9 Å². The smallest absolute Gasteiger partial charge is 0.325 e. The zero-order valence-electron chi connectivity index (χ0n) is 9.98. The molecule has 1 saturated heterocycles. The van der Waals surface area contributed by atoms with E-state index in [4.69, 9.17) is 4.55 Å². The zero-order valence-corrected chi connectivity index (χ0v) is 10.8. The summed E-state index contributed by atoms with van der Waals surface area (Å²) in [7, 11) is -4.36. The average Bonchev–Trinajstić information content (AvgIpc) is 2.69. The Morgan fingerprint density at radius 1 is 1.10 bits per heavy atom. The third-order valence-electron chi connectivity index (χ3n) is 2.57. The highest BCUT2D eigenvalue weighted by Gasteiger charge is 2.33. The van der Waals surface area contributed by atoms with Crippen LogP contribution in [-0.4, -0.2) is 35.8 Å². The van der Waals surface area contributed by atoms with Gasteiger partial charge in [0, 0.05) is 12.8 Å². The molecular formula is C11H9NO7S. The van der Waals surface area contributed by atoms with Crippen LogP contribution in [0.1, 0.15) is 23.2 Å². The Kier molecular flexibility index (Phi) is 3.55. The van der Waals surface area contributed by atoms with Crippen LogP contribution in [0.2, 0.25) is 0 Å². The Morgan fingerprint density at radius 3 is 2.05 bits per heavy atom. The number of rotatable bonds is 3. The van der Waals surface area contributed by atoms with Crippen LogP contribution in [0.15, 0.2) is 29.2 Å². The second-order valence-corrected chi connectivity index (χ2v) is 5.38. The number of carbonyl (C=O) groups is 3. The van der Waals surface area contributed by atoms with Gasteiger partial charge in [-0.3, -0.25) is 14.1 Å². The summed E-state index contributed by atoms with van der Waals surface area (Å²) in [4.78, 5) is 38.4. The molecule has 2 rings (SSSR count). The molecule has 0 aliphatic carbocycles. The van der Waals surface area contributed by atoms with Crippen LogP contribution in [0.25, 0.3) is 0 Å². The van der Waals surface area contributed by atoms with Gasteiger partial charge in [0.05, 0.1) is 10.5 Å². The molecule has 106 valence electrons. The molecule has 2 amide bonds. The second-order valence-electron chi connectivity index (χ2n) is 3.96. The number of carbonyl (C=O) groups excluding carboxylic acids is 3. The lowest BCUT2D eigenvalue weighted by Gasteiger charge is -2.12. The molecule has 8 nitrogen and oxygen atoms in total. The molecule has 0 aromatic heterocycles. The molecule has 1 fully saturated rings. The number of amides is 2. The van der Waals surface area contributed by atoms with E-state index in [-0.39, 0.29) is 23.3 Å². The Bertz CT molecular complexity index is 661. The normalized spacial score (nSPS) is 15.6. The molecule has 1 aromatic carbocycles. The second kappa shape index (κ2) is 5.02. The van der Waals surface area contributed by atoms with Crippen molar-refractivity contribution in [3.63, 3.8) is 0 Å². The number of hydrogen-bond acceptors (Lipinski definition) is 6. The van der Waals surface area contributed by atoms with Gasteiger partial charge in [-0.25, -0.2) is 4.79 Å². The van der Waals surface area contributed by atoms with Gasteiger partial charge in [-0.1, -0.05) is 0 Å². The molecule has 0 radical (unpaired) electrons. The van der Waals surface area contributed by atoms with Gasteiger partial charge in [0.25, 0.3) is 21.9 Å². The zero-order chi connectivity index (χ0) is 14.9. The van der Waals surface area contributed by atoms with Crippen molar-refractivity contribution in [1.82, 2.24) is 5.06 Å². The fraction of sp³-hybridized carbons (Fsp3) is 0.182. The predicted octanol–water partition coefficient (Wildman–Crippen LogP) is 0.154. The summed E-state index contributed by atoms with van der Waals surface area (Å²) in [5, 5.41) is 0.388. The maximum Gasteiger partial charge on any atom is 0.363 e. The minimum Gasteiger partial charge on any atom is -0.325 e. The average molecular weight is 299 g/mol. The first-order valence-electron chi connectivity index (χ1n) is 5.44. The highest BCUT2D eigenvalue weighted by atomic mass is 32.2. The molecule has 20 heavy (non-hydrogen) atoms. The van der Waals surface area contributed by atoms with Crippen LogP contribution in [-0.2, 0) is 24.5 Å². The van der Waals surface area contributed by atoms with Crippen LogP contribution < -0.4 is 0 Å². The molecule has 0 atom stereocenters. The largest absolute Gasteiger partial charge is 0.363 e. The standard InChI is InChI=1S/C11H9NO7S/c13-9-5-6-10(14)12(9)19-11(15)7-1-3-8(4-2-7)20(16,17)18/h1-4H,5-6H2,(H,16,17,18). The van der Waals surface area contributed by atoms with Crippen LogP contribution in [0.3, 0.4) is 0 Å². The van der Waals surface area contributed by atoms with Gasteiger partial charge >= 0.3 is 5.97 Å². The van der Waals surface area contributed by atoms with Crippen molar-refractivity contribution in [2.75, 3.05) is 0 Å². The van der Waals surface area contributed by atoms with Gasteiger partial charge in [0.2, 0.25) is 0 Å². The summed E-state index contributed by atoms with van der Waals surface area (Å²) >= 11 is 0. The topological polar surface area (TPSA) is 118 Å². The van der Waals surface area contributed by atoms with Crippen LogP contribution >= 0.6 is 0 Å². The Hall–Kier alpha value is -2.26. The highest BCUT2D eigenvalue weighted by Crippen LogP contribution is 2.15. The first kappa shape index (κ1) is 14.2. The summed E-state index contributed by atoms with van der Waals surface area (Å²) in [5.74, 6) is -2.20. The molecule has 1 heterocycles. The Balaban J connectivity index is 2.14. The van der Waals surface area contributed by atoms with E-state index in [1.165, 1.54) is 0 Å². The lowest BCUT2D eigenvalue weighted by molar-refractivity contribution is -0.172. The summed E-state index contributed by atoms with van der Waals surface area (Å²) in [6, 6.07) is 4.19. The highest BCUT2D eigenvalue weighted by molar-refractivity contribution is 7.85. The van der Waals surface area contributed by atoms with E-state index in [1.54, 1.807) is 0 Å². The van der Waals surface area contributed by atoms with E-state index in [0.29, 0.717) is 5.06 Å². The molecular weight excluding hydrogens is 290 g/mol. The van der Waals surface area contributed by atoms with Gasteiger partial charge in [-0.15, -0.1) is 5.06 Å². The number of imide groups is 1. The van der Waals surface area contributed by atoms with Crippen molar-refractivity contribution in [1.29, 1.82) is 0 Å². The lowest BCUT2D eigenvalue weighted by atomic mass is 10.2. The van der Waals surface area contributed by atoms with E-state index in [9.17, 15) is 22.8 Å². The molecule has 9 heteroatoms. The van der Waals surface area contributed by atoms with Gasteiger partial charge in [0.1, 0.15) is 0 Å². The van der Waals surface area contributed by atoms with Crippen molar-refractivity contribution in [2.45, 2.75) is 17.7 Å². The third-order valence-corrected chi connectivity index (χ3v) is 3.44. The van der Waals surface area contributed by atoms with Gasteiger partial charge in [-0.05, 0) is 24.3 Å². The number of hydrogen-bond donors (Lipinski definition) is 1. The van der Waals surface area contributed by atoms with E-state index >= 15 is 0 Å². The van der Waals surface area contributed by atoms with E-state index in [0.717, 1.165) is 24.3 Å². The number of benzene rings is 1. The minimum atomic E-state index is -4.36. The van der Waals surface area contributed by atoms with Gasteiger partial charge < -0.3 is 4.84 Å². The molecule has 1 N–H and O–H groups in total. The summed E-state index contributed by atoms with van der Waals surface area (Å²) in [6.45, 7) is 0. The monoisotopic (exact) mass is 299 g/mol. The molecule has 1 aromatic rings. The molecule has 0 spiro atoms. The Labute approximate surface area is 113 Å². The van der Waals surface area contributed by atoms with Crippen LogP contribution in [0.5, 0.6) is 0 Å². The SMILES string of the molecule is O=C(ON1C(=O)CCC1=O)c1ccc(S(=O)(=O)O)cc1. The summed E-state index contributed by atoms with van der Waals surface area (Å²) in [6.07, 6.45) is -0.0401. The first-order chi connectivity index (χ1) is 9.29. The van der Waals surface area contributed by atoms with Crippen LogP contribution in [0, 0.1) is 0 Å². The van der Waals surface area contributed by atoms with Gasteiger partial charge in [0.15, 0.2) is 0 Å². The predicted molar refractivity (Wildman–Crippen MR) is 62.8 cm³/mol. The van der Waals surface area contributed by atoms with Crippen molar-refractivity contribution in [2.24, 2.45) is 0 Å². The van der Waals surface area contributed by atoms with Gasteiger partial charge in [-0.2, -0.15) is 8.42 Å². The maximum atomic E-state index is 11.7. The van der Waals surface area contributed by atoms with Crippen molar-refractivity contribution < 1.29 is 32.2 Å². The van der Waals surface area contributed by atoms with Crippen molar-refractivity contribution in [3.8, 4) is 0 Å². The lowest BCUT2D eigenvalue weighted by Crippen LogP contribution is -2.32. The molecule has 0 saturated carbocycles. The molecule has 0 bridgehead atoms. The summed E-state index contributed by atoms with van der Waals surface area (Å²) in [5.41, 5.74) is -0.0649. The number of nitrogens with zero attached hydrogens (tertiary/aromatic N) is 1. The summed E-state index contributed by atoms with van der Waals surface area (Å²) < 4.78 is 30.4. The molecule has 0 unspecified atom stereocenters. The van der Waals surface area contributed by atoms with Crippen LogP contribution in [0.4, 0.5) is 0 Å². The van der Waals surface area contributed by atoms with E-state index < -0.39 is 27.9 Å². The fourth-order valence-corrected chi connectivity index (χ4v) is 2.04. The number of hydroxylamine groups is 2. The van der Waals surface area contributed by atoms with E-state index in [1.807, 2.05) is 0 Å². The van der Waals surface area contributed by atoms with Crippen molar-refractivity contribution in [3.05, 3.63) is 29.8 Å².